The van der Waals surface area contributed by atoms with Gasteiger partial charge in [-0.15, -0.1) is 0 Å². The number of ether oxygens (including phenoxy) is 1. The Morgan fingerprint density at radius 1 is 1.28 bits per heavy atom. The van der Waals surface area contributed by atoms with Crippen molar-refractivity contribution in [2.75, 3.05) is 13.1 Å². The first-order valence-corrected chi connectivity index (χ1v) is 9.80. The van der Waals surface area contributed by atoms with Crippen LogP contribution < -0.4 is 4.74 Å². The summed E-state index contributed by atoms with van der Waals surface area (Å²) in [6.07, 6.45) is 3.12. The summed E-state index contributed by atoms with van der Waals surface area (Å²) in [5.41, 5.74) is -0.194. The Morgan fingerprint density at radius 2 is 2.00 bits per heavy atom. The zero-order valence-corrected chi connectivity index (χ0v) is 15.3. The molecule has 1 fully saturated rings. The van der Waals surface area contributed by atoms with Crippen LogP contribution in [0.25, 0.3) is 0 Å². The molecule has 10 heteroatoms. The quantitative estimate of drug-likeness (QED) is 0.724. The largest absolute Gasteiger partial charge is 0.459 e. The van der Waals surface area contributed by atoms with Crippen molar-refractivity contribution in [1.29, 1.82) is 0 Å². The molecule has 0 aliphatic carbocycles. The van der Waals surface area contributed by atoms with Crippen molar-refractivity contribution in [2.24, 2.45) is 0 Å². The molecule has 0 bridgehead atoms. The van der Waals surface area contributed by atoms with Crippen molar-refractivity contribution in [3.05, 3.63) is 52.3 Å². The van der Waals surface area contributed by atoms with Crippen LogP contribution in [0.1, 0.15) is 12.0 Å². The predicted octanol–water partition coefficient (Wildman–Crippen LogP) is 2.50. The maximum atomic E-state index is 13.7. The highest BCUT2D eigenvalue weighted by Gasteiger charge is 2.33. The normalized spacial score (nSPS) is 18.4. The number of hydrogen-bond donors (Lipinski definition) is 0. The van der Waals surface area contributed by atoms with Crippen molar-refractivity contribution in [1.82, 2.24) is 14.3 Å². The van der Waals surface area contributed by atoms with Crippen LogP contribution in [0.5, 0.6) is 6.01 Å². The number of hydrogen-bond acceptors (Lipinski definition) is 5. The number of rotatable bonds is 5. The Hall–Kier alpha value is -1.65. The zero-order valence-electron chi connectivity index (χ0n) is 12.9. The van der Waals surface area contributed by atoms with Gasteiger partial charge < -0.3 is 4.74 Å². The fraction of sp³-hybridized carbons (Fsp3) is 0.333. The molecule has 1 aliphatic rings. The summed E-state index contributed by atoms with van der Waals surface area (Å²) in [5, 5.41) is 0. The Bertz CT molecular complexity index is 865. The molecular weight excluding hydrogens is 420 g/mol. The zero-order chi connectivity index (χ0) is 18.0. The highest BCUT2D eigenvalue weighted by atomic mass is 79.9. The van der Waals surface area contributed by atoms with Gasteiger partial charge >= 0.3 is 6.01 Å². The van der Waals surface area contributed by atoms with E-state index < -0.39 is 33.5 Å². The summed E-state index contributed by atoms with van der Waals surface area (Å²) < 4.78 is 59.3. The number of aromatic nitrogens is 2. The molecule has 0 spiro atoms. The molecule has 0 radical (unpaired) electrons. The van der Waals surface area contributed by atoms with Gasteiger partial charge in [-0.2, -0.15) is 4.31 Å². The molecule has 1 aromatic carbocycles. The van der Waals surface area contributed by atoms with Crippen LogP contribution in [0.2, 0.25) is 0 Å². The maximum Gasteiger partial charge on any atom is 0.316 e. The topological polar surface area (TPSA) is 72.4 Å². The van der Waals surface area contributed by atoms with Gasteiger partial charge in [0.25, 0.3) is 0 Å². The average Bonchev–Trinajstić information content (AvgIpc) is 3.02. The Balaban J connectivity index is 1.65. The molecular formula is C15H14BrF2N3O3S. The van der Waals surface area contributed by atoms with Crippen molar-refractivity contribution in [2.45, 2.75) is 18.3 Å². The van der Waals surface area contributed by atoms with Gasteiger partial charge in [0.1, 0.15) is 17.7 Å². The van der Waals surface area contributed by atoms with E-state index in [1.165, 1.54) is 16.7 Å². The molecule has 25 heavy (non-hydrogen) atoms. The second kappa shape index (κ2) is 7.30. The summed E-state index contributed by atoms with van der Waals surface area (Å²) in [6.45, 7) is 0.346. The van der Waals surface area contributed by atoms with Gasteiger partial charge in [-0.05, 0) is 40.5 Å². The molecule has 1 aliphatic heterocycles. The molecule has 1 unspecified atom stereocenters. The summed E-state index contributed by atoms with van der Waals surface area (Å²) in [4.78, 5) is 7.96. The van der Waals surface area contributed by atoms with E-state index in [1.807, 2.05) is 0 Å². The minimum Gasteiger partial charge on any atom is -0.459 e. The molecule has 1 atom stereocenters. The van der Waals surface area contributed by atoms with Crippen LogP contribution in [0.15, 0.2) is 35.1 Å². The van der Waals surface area contributed by atoms with Crippen LogP contribution in [0, 0.1) is 11.6 Å². The second-order valence-electron chi connectivity index (χ2n) is 5.56. The Kier molecular flexibility index (Phi) is 5.30. The molecule has 3 rings (SSSR count). The summed E-state index contributed by atoms with van der Waals surface area (Å²) >= 11 is 3.21. The van der Waals surface area contributed by atoms with Gasteiger partial charge in [0.2, 0.25) is 10.0 Å². The van der Waals surface area contributed by atoms with Crippen LogP contribution in [-0.2, 0) is 15.8 Å². The predicted molar refractivity (Wildman–Crippen MR) is 89.3 cm³/mol. The van der Waals surface area contributed by atoms with Crippen LogP contribution in [-0.4, -0.2) is 41.9 Å². The number of nitrogens with zero attached hydrogens (tertiary/aromatic N) is 3. The third-order valence-electron chi connectivity index (χ3n) is 3.72. The van der Waals surface area contributed by atoms with E-state index in [9.17, 15) is 17.2 Å². The van der Waals surface area contributed by atoms with E-state index in [0.29, 0.717) is 10.9 Å². The number of sulfonamides is 1. The first-order chi connectivity index (χ1) is 11.8. The lowest BCUT2D eigenvalue weighted by Gasteiger charge is -2.17. The smallest absolute Gasteiger partial charge is 0.316 e. The first-order valence-electron chi connectivity index (χ1n) is 7.39. The summed E-state index contributed by atoms with van der Waals surface area (Å²) in [5.74, 6) is -2.03. The van der Waals surface area contributed by atoms with Gasteiger partial charge in [-0.25, -0.2) is 27.2 Å². The summed E-state index contributed by atoms with van der Waals surface area (Å²) in [7, 11) is -3.79. The molecule has 1 aromatic heterocycles. The Morgan fingerprint density at radius 3 is 2.72 bits per heavy atom. The Labute approximate surface area is 152 Å². The minimum absolute atomic E-state index is 0.110. The lowest BCUT2D eigenvalue weighted by atomic mass is 10.2. The highest BCUT2D eigenvalue weighted by Crippen LogP contribution is 2.22. The lowest BCUT2D eigenvalue weighted by molar-refractivity contribution is 0.197. The van der Waals surface area contributed by atoms with Crippen LogP contribution in [0.4, 0.5) is 8.78 Å². The van der Waals surface area contributed by atoms with Gasteiger partial charge in [0, 0.05) is 24.5 Å². The molecule has 0 amide bonds. The molecule has 2 aromatic rings. The van der Waals surface area contributed by atoms with E-state index >= 15 is 0 Å². The minimum atomic E-state index is -3.79. The first kappa shape index (κ1) is 18.2. The van der Waals surface area contributed by atoms with E-state index in [4.69, 9.17) is 4.74 Å². The average molecular weight is 434 g/mol. The third-order valence-corrected chi connectivity index (χ3v) is 5.92. The lowest BCUT2D eigenvalue weighted by Crippen LogP contribution is -2.32. The van der Waals surface area contributed by atoms with E-state index in [1.54, 1.807) is 0 Å². The van der Waals surface area contributed by atoms with Crippen LogP contribution >= 0.6 is 15.9 Å². The third kappa shape index (κ3) is 4.50. The maximum absolute atomic E-state index is 13.7. The SMILES string of the molecule is O=S(=O)(Cc1cc(F)ccc1F)N1CCC(Oc2ncc(Br)cn2)C1. The molecule has 6 nitrogen and oxygen atoms in total. The van der Waals surface area contributed by atoms with Crippen molar-refractivity contribution < 1.29 is 21.9 Å². The molecule has 0 saturated carbocycles. The second-order valence-corrected chi connectivity index (χ2v) is 8.45. The van der Waals surface area contributed by atoms with E-state index in [-0.39, 0.29) is 24.7 Å². The monoisotopic (exact) mass is 433 g/mol. The van der Waals surface area contributed by atoms with Crippen molar-refractivity contribution in [3.8, 4) is 6.01 Å². The van der Waals surface area contributed by atoms with Gasteiger partial charge in [-0.3, -0.25) is 0 Å². The molecule has 0 N–H and O–H groups in total. The molecule has 1 saturated heterocycles. The fourth-order valence-corrected chi connectivity index (χ4v) is 4.28. The molecule has 2 heterocycles. The summed E-state index contributed by atoms with van der Waals surface area (Å²) in [6, 6.07) is 2.92. The van der Waals surface area contributed by atoms with Gasteiger partial charge in [0.05, 0.1) is 16.8 Å². The van der Waals surface area contributed by atoms with Crippen molar-refractivity contribution >= 4 is 26.0 Å². The fourth-order valence-electron chi connectivity index (χ4n) is 2.50. The molecule has 134 valence electrons. The van der Waals surface area contributed by atoms with E-state index in [2.05, 4.69) is 25.9 Å². The van der Waals surface area contributed by atoms with Crippen molar-refractivity contribution in [3.63, 3.8) is 0 Å². The van der Waals surface area contributed by atoms with E-state index in [0.717, 1.165) is 18.2 Å². The number of benzene rings is 1. The highest BCUT2D eigenvalue weighted by molar-refractivity contribution is 9.10. The van der Waals surface area contributed by atoms with Gasteiger partial charge in [0.15, 0.2) is 0 Å². The van der Waals surface area contributed by atoms with Crippen LogP contribution in [0.3, 0.4) is 0 Å². The standard InChI is InChI=1S/C15H14BrF2N3O3S/c16-11-6-19-15(20-7-11)24-13-3-4-21(8-13)25(22,23)9-10-5-12(17)1-2-14(10)18/h1-2,5-7,13H,3-4,8-9H2. The number of halogens is 3. The van der Waals surface area contributed by atoms with Gasteiger partial charge in [-0.1, -0.05) is 0 Å².